The second-order valence-corrected chi connectivity index (χ2v) is 7.50. The molecule has 1 fully saturated rings. The Morgan fingerprint density at radius 3 is 2.33 bits per heavy atom. The smallest absolute Gasteiger partial charge is 0.293 e. The maximum atomic E-state index is 12.5. The molecule has 1 heterocycles. The number of rotatable bonds is 7. The van der Waals surface area contributed by atoms with Crippen LogP contribution in [0, 0.1) is 6.92 Å². The van der Waals surface area contributed by atoms with Gasteiger partial charge in [-0.15, -0.1) is 0 Å². The molecule has 0 aliphatic carbocycles. The van der Waals surface area contributed by atoms with Gasteiger partial charge in [0.1, 0.15) is 11.5 Å². The second-order valence-electron chi connectivity index (χ2n) is 6.51. The number of nitrogens with one attached hydrogen (secondary N) is 1. The van der Waals surface area contributed by atoms with E-state index in [-0.39, 0.29) is 30.1 Å². The van der Waals surface area contributed by atoms with Crippen LogP contribution in [0.25, 0.3) is 6.08 Å². The van der Waals surface area contributed by atoms with E-state index in [0.29, 0.717) is 22.0 Å². The zero-order valence-electron chi connectivity index (χ0n) is 16.9. The summed E-state index contributed by atoms with van der Waals surface area (Å²) < 4.78 is 10.6. The molecular weight excluding hydrogens is 404 g/mol. The van der Waals surface area contributed by atoms with E-state index in [1.54, 1.807) is 18.2 Å². The SMILES string of the molecule is COc1cc(C(=O)NCCN2C(=O)SC(=Cc3ccccc3)C2=O)cc(OC)c1C. The van der Waals surface area contributed by atoms with Crippen LogP contribution in [-0.4, -0.2) is 49.3 Å². The van der Waals surface area contributed by atoms with Gasteiger partial charge in [0, 0.05) is 24.2 Å². The van der Waals surface area contributed by atoms with Gasteiger partial charge in [0.2, 0.25) is 0 Å². The molecule has 3 amide bonds. The van der Waals surface area contributed by atoms with Gasteiger partial charge in [-0.3, -0.25) is 19.3 Å². The van der Waals surface area contributed by atoms with E-state index in [4.69, 9.17) is 9.47 Å². The van der Waals surface area contributed by atoms with Crippen LogP contribution in [0.3, 0.4) is 0 Å². The Labute approximate surface area is 179 Å². The standard InChI is InChI=1S/C22H22N2O5S/c1-14-17(28-2)12-16(13-18(14)29-3)20(25)23-9-10-24-21(26)19(30-22(24)27)11-15-7-5-4-6-8-15/h4-8,11-13H,9-10H2,1-3H3,(H,23,25). The average Bonchev–Trinajstić information content (AvgIpc) is 3.01. The molecule has 1 aliphatic heterocycles. The minimum atomic E-state index is -0.359. The lowest BCUT2D eigenvalue weighted by atomic mass is 10.1. The van der Waals surface area contributed by atoms with E-state index >= 15 is 0 Å². The Hall–Kier alpha value is -3.26. The van der Waals surface area contributed by atoms with Gasteiger partial charge in [0.05, 0.1) is 19.1 Å². The summed E-state index contributed by atoms with van der Waals surface area (Å²) in [7, 11) is 3.04. The molecule has 8 heteroatoms. The fourth-order valence-corrected chi connectivity index (χ4v) is 3.86. The van der Waals surface area contributed by atoms with Crippen LogP contribution < -0.4 is 14.8 Å². The number of nitrogens with zero attached hydrogens (tertiary/aromatic N) is 1. The highest BCUT2D eigenvalue weighted by atomic mass is 32.2. The normalized spacial score (nSPS) is 14.9. The van der Waals surface area contributed by atoms with Crippen LogP contribution in [0.2, 0.25) is 0 Å². The fraction of sp³-hybridized carbons (Fsp3) is 0.227. The Kier molecular flexibility index (Phi) is 6.79. The van der Waals surface area contributed by atoms with Gasteiger partial charge in [-0.1, -0.05) is 30.3 Å². The number of hydrogen-bond acceptors (Lipinski definition) is 6. The number of carbonyl (C=O) groups excluding carboxylic acids is 3. The van der Waals surface area contributed by atoms with Gasteiger partial charge < -0.3 is 14.8 Å². The number of thioether (sulfide) groups is 1. The monoisotopic (exact) mass is 426 g/mol. The van der Waals surface area contributed by atoms with Crippen LogP contribution in [0.4, 0.5) is 4.79 Å². The molecule has 0 aromatic heterocycles. The Morgan fingerprint density at radius 2 is 1.73 bits per heavy atom. The summed E-state index contributed by atoms with van der Waals surface area (Å²) >= 11 is 0.896. The molecule has 1 N–H and O–H groups in total. The first-order chi connectivity index (χ1) is 14.4. The van der Waals surface area contributed by atoms with Crippen molar-refractivity contribution in [2.24, 2.45) is 0 Å². The van der Waals surface area contributed by atoms with E-state index in [2.05, 4.69) is 5.32 Å². The number of benzene rings is 2. The van der Waals surface area contributed by atoms with Gasteiger partial charge in [-0.05, 0) is 42.5 Å². The third-order valence-corrected chi connectivity index (χ3v) is 5.51. The molecule has 0 spiro atoms. The van der Waals surface area contributed by atoms with Crippen LogP contribution >= 0.6 is 11.8 Å². The van der Waals surface area contributed by atoms with Crippen molar-refractivity contribution in [3.8, 4) is 11.5 Å². The zero-order valence-corrected chi connectivity index (χ0v) is 17.7. The molecule has 0 radical (unpaired) electrons. The summed E-state index contributed by atoms with van der Waals surface area (Å²) in [5, 5.41) is 2.38. The molecule has 3 rings (SSSR count). The second kappa shape index (κ2) is 9.49. The molecule has 1 saturated heterocycles. The molecule has 0 atom stereocenters. The van der Waals surface area contributed by atoms with E-state index in [9.17, 15) is 14.4 Å². The number of methoxy groups -OCH3 is 2. The highest BCUT2D eigenvalue weighted by Gasteiger charge is 2.34. The highest BCUT2D eigenvalue weighted by Crippen LogP contribution is 2.32. The van der Waals surface area contributed by atoms with Crippen molar-refractivity contribution in [1.82, 2.24) is 10.2 Å². The number of carbonyl (C=O) groups is 3. The van der Waals surface area contributed by atoms with Crippen molar-refractivity contribution in [1.29, 1.82) is 0 Å². The van der Waals surface area contributed by atoms with E-state index in [0.717, 1.165) is 27.8 Å². The average molecular weight is 426 g/mol. The molecule has 0 unspecified atom stereocenters. The molecule has 2 aromatic carbocycles. The quantitative estimate of drug-likeness (QED) is 0.683. The molecular formula is C22H22N2O5S. The van der Waals surface area contributed by atoms with Crippen molar-refractivity contribution >= 4 is 34.9 Å². The van der Waals surface area contributed by atoms with E-state index in [1.165, 1.54) is 14.2 Å². The Balaban J connectivity index is 1.62. The minimum absolute atomic E-state index is 0.0860. The summed E-state index contributed by atoms with van der Waals surface area (Å²) in [6.45, 7) is 2.05. The molecule has 2 aromatic rings. The zero-order chi connectivity index (χ0) is 21.7. The predicted molar refractivity (Wildman–Crippen MR) is 116 cm³/mol. The molecule has 30 heavy (non-hydrogen) atoms. The molecule has 0 bridgehead atoms. The van der Waals surface area contributed by atoms with Gasteiger partial charge in [-0.25, -0.2) is 0 Å². The first kappa shape index (κ1) is 21.4. The Bertz CT molecular complexity index is 979. The molecule has 7 nitrogen and oxygen atoms in total. The number of ether oxygens (including phenoxy) is 2. The molecule has 156 valence electrons. The maximum Gasteiger partial charge on any atom is 0.293 e. The topological polar surface area (TPSA) is 84.9 Å². The van der Waals surface area contributed by atoms with Crippen molar-refractivity contribution in [2.75, 3.05) is 27.3 Å². The first-order valence-corrected chi connectivity index (χ1v) is 10.1. The summed E-state index contributed by atoms with van der Waals surface area (Å²) in [6, 6.07) is 12.6. The Morgan fingerprint density at radius 1 is 1.10 bits per heavy atom. The number of hydrogen-bond donors (Lipinski definition) is 1. The highest BCUT2D eigenvalue weighted by molar-refractivity contribution is 8.18. The van der Waals surface area contributed by atoms with Gasteiger partial charge in [0.25, 0.3) is 17.1 Å². The largest absolute Gasteiger partial charge is 0.496 e. The lowest BCUT2D eigenvalue weighted by molar-refractivity contribution is -0.122. The van der Waals surface area contributed by atoms with Gasteiger partial charge >= 0.3 is 0 Å². The third-order valence-electron chi connectivity index (χ3n) is 4.61. The van der Waals surface area contributed by atoms with Crippen molar-refractivity contribution < 1.29 is 23.9 Å². The van der Waals surface area contributed by atoms with Gasteiger partial charge in [-0.2, -0.15) is 0 Å². The van der Waals surface area contributed by atoms with E-state index in [1.807, 2.05) is 37.3 Å². The van der Waals surface area contributed by atoms with Crippen LogP contribution in [0.1, 0.15) is 21.5 Å². The first-order valence-electron chi connectivity index (χ1n) is 9.26. The van der Waals surface area contributed by atoms with Crippen molar-refractivity contribution in [2.45, 2.75) is 6.92 Å². The molecule has 0 saturated carbocycles. The maximum absolute atomic E-state index is 12.5. The van der Waals surface area contributed by atoms with Crippen LogP contribution in [0.5, 0.6) is 11.5 Å². The summed E-state index contributed by atoms with van der Waals surface area (Å²) in [4.78, 5) is 38.8. The van der Waals surface area contributed by atoms with Crippen LogP contribution in [-0.2, 0) is 4.79 Å². The van der Waals surface area contributed by atoms with Crippen molar-refractivity contribution in [3.63, 3.8) is 0 Å². The minimum Gasteiger partial charge on any atom is -0.496 e. The number of imide groups is 1. The number of amides is 3. The van der Waals surface area contributed by atoms with E-state index < -0.39 is 0 Å². The van der Waals surface area contributed by atoms with Crippen LogP contribution in [0.15, 0.2) is 47.4 Å². The summed E-state index contributed by atoms with van der Waals surface area (Å²) in [6.07, 6.45) is 1.69. The lowest BCUT2D eigenvalue weighted by Gasteiger charge is -2.15. The lowest BCUT2D eigenvalue weighted by Crippen LogP contribution is -2.37. The molecule has 1 aliphatic rings. The third kappa shape index (κ3) is 4.65. The summed E-state index contributed by atoms with van der Waals surface area (Å²) in [5.74, 6) is 0.369. The van der Waals surface area contributed by atoms with Gasteiger partial charge in [0.15, 0.2) is 0 Å². The fourth-order valence-electron chi connectivity index (χ4n) is 2.99. The predicted octanol–water partition coefficient (Wildman–Crippen LogP) is 3.48. The summed E-state index contributed by atoms with van der Waals surface area (Å²) in [5.41, 5.74) is 2.01. The van der Waals surface area contributed by atoms with Crippen molar-refractivity contribution in [3.05, 3.63) is 64.1 Å².